The van der Waals surface area contributed by atoms with Crippen molar-refractivity contribution in [1.29, 1.82) is 5.26 Å². The molecule has 1 fully saturated rings. The predicted octanol–water partition coefficient (Wildman–Crippen LogP) is 2.15. The molecule has 1 heterocycles. The van der Waals surface area contributed by atoms with Crippen molar-refractivity contribution in [3.63, 3.8) is 0 Å². The summed E-state index contributed by atoms with van der Waals surface area (Å²) in [6.07, 6.45) is 5.76. The predicted molar refractivity (Wildman–Crippen MR) is 73.2 cm³/mol. The van der Waals surface area contributed by atoms with Crippen LogP contribution < -0.4 is 4.90 Å². The van der Waals surface area contributed by atoms with Gasteiger partial charge in [0, 0.05) is 22.5 Å². The number of amides is 1. The van der Waals surface area contributed by atoms with Gasteiger partial charge in [0.25, 0.3) is 0 Å². The molecule has 0 saturated carbocycles. The van der Waals surface area contributed by atoms with Crippen LogP contribution in [0.4, 0.5) is 5.69 Å². The first-order valence-corrected chi connectivity index (χ1v) is 6.19. The van der Waals surface area contributed by atoms with Crippen molar-refractivity contribution in [3.05, 3.63) is 27.3 Å². The van der Waals surface area contributed by atoms with E-state index >= 15 is 0 Å². The molecule has 1 aliphatic heterocycles. The normalized spacial score (nSPS) is 18.9. The molecule has 0 radical (unpaired) electrons. The Labute approximate surface area is 114 Å². The summed E-state index contributed by atoms with van der Waals surface area (Å²) in [6.45, 7) is 0.567. The minimum atomic E-state index is -0.00561. The van der Waals surface area contributed by atoms with Crippen LogP contribution in [0.2, 0.25) is 0 Å². The van der Waals surface area contributed by atoms with Crippen LogP contribution >= 0.6 is 22.6 Å². The van der Waals surface area contributed by atoms with Crippen LogP contribution in [0.25, 0.3) is 0 Å². The molecule has 3 nitrogen and oxygen atoms in total. The third kappa shape index (κ3) is 2.27. The Morgan fingerprint density at radius 1 is 1.53 bits per heavy atom. The molecule has 1 aromatic rings. The minimum absolute atomic E-state index is 0.00561. The number of rotatable bonds is 1. The molecule has 84 valence electrons. The van der Waals surface area contributed by atoms with Crippen molar-refractivity contribution >= 4 is 34.2 Å². The van der Waals surface area contributed by atoms with E-state index in [4.69, 9.17) is 11.7 Å². The van der Waals surface area contributed by atoms with Crippen LogP contribution in [0.3, 0.4) is 0 Å². The fourth-order valence-corrected chi connectivity index (χ4v) is 2.65. The highest BCUT2D eigenvalue weighted by Crippen LogP contribution is 2.29. The van der Waals surface area contributed by atoms with Crippen LogP contribution in [0, 0.1) is 33.2 Å². The quantitative estimate of drug-likeness (QED) is 0.583. The summed E-state index contributed by atoms with van der Waals surface area (Å²) in [4.78, 5) is 13.5. The Morgan fingerprint density at radius 2 is 2.29 bits per heavy atom. The zero-order chi connectivity index (χ0) is 12.4. The van der Waals surface area contributed by atoms with Crippen molar-refractivity contribution in [2.75, 3.05) is 11.4 Å². The van der Waals surface area contributed by atoms with Gasteiger partial charge in [0.1, 0.15) is 0 Å². The van der Waals surface area contributed by atoms with Crippen molar-refractivity contribution in [2.45, 2.75) is 6.42 Å². The van der Waals surface area contributed by atoms with E-state index in [0.29, 0.717) is 18.5 Å². The highest BCUT2D eigenvalue weighted by atomic mass is 127. The average molecular weight is 336 g/mol. The number of hydrogen-bond acceptors (Lipinski definition) is 2. The van der Waals surface area contributed by atoms with Gasteiger partial charge in [0.05, 0.1) is 17.3 Å². The summed E-state index contributed by atoms with van der Waals surface area (Å²) in [6, 6.07) is 7.37. The molecule has 1 saturated heterocycles. The maximum atomic E-state index is 11.8. The molecule has 17 heavy (non-hydrogen) atoms. The molecule has 0 spiro atoms. The van der Waals surface area contributed by atoms with E-state index in [0.717, 1.165) is 9.26 Å². The number of carbonyl (C=O) groups is 1. The lowest BCUT2D eigenvalue weighted by molar-refractivity contribution is -0.117. The fraction of sp³-hybridized carbons (Fsp3) is 0.231. The second-order valence-corrected chi connectivity index (χ2v) is 5.01. The van der Waals surface area contributed by atoms with Gasteiger partial charge in [-0.05, 0) is 40.8 Å². The maximum absolute atomic E-state index is 11.8. The molecular weight excluding hydrogens is 327 g/mol. The van der Waals surface area contributed by atoms with Gasteiger partial charge in [-0.15, -0.1) is 12.3 Å². The summed E-state index contributed by atoms with van der Waals surface area (Å²) in [5, 5.41) is 8.79. The monoisotopic (exact) mass is 336 g/mol. The van der Waals surface area contributed by atoms with Gasteiger partial charge in [-0.1, -0.05) is 0 Å². The van der Waals surface area contributed by atoms with Crippen LogP contribution in [0.1, 0.15) is 12.0 Å². The molecule has 1 aromatic carbocycles. The first-order chi connectivity index (χ1) is 8.15. The molecule has 4 heteroatoms. The molecule has 0 bridgehead atoms. The number of anilines is 1. The fourth-order valence-electron chi connectivity index (χ4n) is 1.85. The first-order valence-electron chi connectivity index (χ1n) is 5.12. The van der Waals surface area contributed by atoms with E-state index < -0.39 is 0 Å². The maximum Gasteiger partial charge on any atom is 0.228 e. The number of nitrogens with zero attached hydrogens (tertiary/aromatic N) is 2. The van der Waals surface area contributed by atoms with Crippen molar-refractivity contribution in [2.24, 2.45) is 5.92 Å². The lowest BCUT2D eigenvalue weighted by Crippen LogP contribution is -2.25. The number of nitriles is 1. The highest BCUT2D eigenvalue weighted by molar-refractivity contribution is 14.1. The molecule has 1 unspecified atom stereocenters. The molecule has 2 rings (SSSR count). The van der Waals surface area contributed by atoms with Crippen molar-refractivity contribution in [3.8, 4) is 18.4 Å². The van der Waals surface area contributed by atoms with Gasteiger partial charge in [-0.2, -0.15) is 5.26 Å². The second-order valence-electron chi connectivity index (χ2n) is 3.85. The van der Waals surface area contributed by atoms with E-state index in [9.17, 15) is 4.79 Å². The number of hydrogen-bond donors (Lipinski definition) is 0. The Morgan fingerprint density at radius 3 is 2.82 bits per heavy atom. The summed E-state index contributed by atoms with van der Waals surface area (Å²) < 4.78 is 0.896. The first kappa shape index (κ1) is 11.9. The Balaban J connectivity index is 2.33. The largest absolute Gasteiger partial charge is 0.310 e. The van der Waals surface area contributed by atoms with Crippen LogP contribution in [0.15, 0.2) is 18.2 Å². The topological polar surface area (TPSA) is 44.1 Å². The zero-order valence-corrected chi connectivity index (χ0v) is 11.1. The third-order valence-electron chi connectivity index (χ3n) is 2.73. The lowest BCUT2D eigenvalue weighted by atomic mass is 10.1. The van der Waals surface area contributed by atoms with Crippen LogP contribution in [0.5, 0.6) is 0 Å². The number of halogens is 1. The van der Waals surface area contributed by atoms with Crippen LogP contribution in [-0.2, 0) is 4.79 Å². The lowest BCUT2D eigenvalue weighted by Gasteiger charge is -2.17. The molecule has 0 N–H and O–H groups in total. The summed E-state index contributed by atoms with van der Waals surface area (Å²) in [5.74, 6) is 2.66. The van der Waals surface area contributed by atoms with E-state index in [1.54, 1.807) is 23.1 Å². The average Bonchev–Trinajstić information content (AvgIpc) is 2.70. The van der Waals surface area contributed by atoms with E-state index in [2.05, 4.69) is 34.6 Å². The van der Waals surface area contributed by atoms with Gasteiger partial charge in [0.2, 0.25) is 5.91 Å². The summed E-state index contributed by atoms with van der Waals surface area (Å²) in [7, 11) is 0. The van der Waals surface area contributed by atoms with Crippen molar-refractivity contribution < 1.29 is 4.79 Å². The smallest absolute Gasteiger partial charge is 0.228 e. The number of terminal acetylenes is 1. The van der Waals surface area contributed by atoms with Gasteiger partial charge >= 0.3 is 0 Å². The highest BCUT2D eigenvalue weighted by Gasteiger charge is 2.30. The summed E-state index contributed by atoms with van der Waals surface area (Å²) in [5.41, 5.74) is 1.44. The third-order valence-corrected chi connectivity index (χ3v) is 3.59. The molecular formula is C13H9IN2O. The molecule has 0 aliphatic carbocycles. The summed E-state index contributed by atoms with van der Waals surface area (Å²) >= 11 is 2.13. The second kappa shape index (κ2) is 4.77. The minimum Gasteiger partial charge on any atom is -0.310 e. The molecule has 1 amide bonds. The van der Waals surface area contributed by atoms with Gasteiger partial charge in [0.15, 0.2) is 0 Å². The molecule has 1 aliphatic rings. The zero-order valence-electron chi connectivity index (χ0n) is 8.98. The van der Waals surface area contributed by atoms with Gasteiger partial charge < -0.3 is 4.90 Å². The van der Waals surface area contributed by atoms with Crippen molar-refractivity contribution in [1.82, 2.24) is 0 Å². The number of benzene rings is 1. The Kier molecular flexibility index (Phi) is 3.35. The van der Waals surface area contributed by atoms with E-state index in [-0.39, 0.29) is 11.8 Å². The van der Waals surface area contributed by atoms with Crippen LogP contribution in [-0.4, -0.2) is 12.5 Å². The standard InChI is InChI=1S/C13H9IN2O/c1-2-9-6-13(17)16(8-9)12-4-3-10(7-15)5-11(12)14/h1,3-5,9H,6,8H2. The van der Waals surface area contributed by atoms with Gasteiger partial charge in [-0.3, -0.25) is 4.79 Å². The van der Waals surface area contributed by atoms with E-state index in [1.165, 1.54) is 0 Å². The Hall–Kier alpha value is -1.53. The van der Waals surface area contributed by atoms with Gasteiger partial charge in [-0.25, -0.2) is 0 Å². The molecule has 0 aromatic heterocycles. The SMILES string of the molecule is C#CC1CC(=O)N(c2ccc(C#N)cc2I)C1. The number of carbonyl (C=O) groups excluding carboxylic acids is 1. The molecule has 1 atom stereocenters. The Bertz CT molecular complexity index is 554. The van der Waals surface area contributed by atoms with E-state index in [1.807, 2.05) is 0 Å².